The minimum absolute atomic E-state index is 0.107. The van der Waals surface area contributed by atoms with Crippen molar-refractivity contribution in [3.8, 4) is 5.75 Å². The standard InChI is InChI=1S/C9H8BrF2NO2/c1-4(14)7-5(13)2-3-6(8(7)10)15-9(11)12/h2-3,9H,13H2,1H3. The second-order valence-corrected chi connectivity index (χ2v) is 3.57. The number of hydrogen-bond donors (Lipinski definition) is 1. The van der Waals surface area contributed by atoms with E-state index in [0.717, 1.165) is 0 Å². The maximum atomic E-state index is 12.0. The Labute approximate surface area is 93.3 Å². The number of ketones is 1. The highest BCUT2D eigenvalue weighted by Gasteiger charge is 2.16. The second kappa shape index (κ2) is 4.57. The van der Waals surface area contributed by atoms with Crippen molar-refractivity contribution in [3.63, 3.8) is 0 Å². The summed E-state index contributed by atoms with van der Waals surface area (Å²) in [5.74, 6) is -0.427. The van der Waals surface area contributed by atoms with Crippen molar-refractivity contribution in [2.75, 3.05) is 5.73 Å². The fourth-order valence-corrected chi connectivity index (χ4v) is 1.85. The summed E-state index contributed by atoms with van der Waals surface area (Å²) >= 11 is 3.00. The van der Waals surface area contributed by atoms with E-state index in [1.165, 1.54) is 19.1 Å². The van der Waals surface area contributed by atoms with Gasteiger partial charge in [-0.25, -0.2) is 0 Å². The van der Waals surface area contributed by atoms with Gasteiger partial charge in [0.2, 0.25) is 0 Å². The van der Waals surface area contributed by atoms with E-state index in [1.54, 1.807) is 0 Å². The molecule has 0 radical (unpaired) electrons. The molecular weight excluding hydrogens is 272 g/mol. The van der Waals surface area contributed by atoms with Crippen LogP contribution in [0.2, 0.25) is 0 Å². The smallest absolute Gasteiger partial charge is 0.387 e. The summed E-state index contributed by atoms with van der Waals surface area (Å²) in [6.45, 7) is -1.65. The van der Waals surface area contributed by atoms with Crippen LogP contribution in [-0.2, 0) is 0 Å². The molecule has 0 aliphatic rings. The van der Waals surface area contributed by atoms with Gasteiger partial charge in [-0.3, -0.25) is 4.79 Å². The summed E-state index contributed by atoms with van der Waals surface area (Å²) < 4.78 is 28.3. The van der Waals surface area contributed by atoms with Crippen LogP contribution in [0.4, 0.5) is 14.5 Å². The molecule has 1 aromatic rings. The van der Waals surface area contributed by atoms with Gasteiger partial charge in [-0.05, 0) is 35.0 Å². The average Bonchev–Trinajstić information content (AvgIpc) is 2.09. The third kappa shape index (κ3) is 2.65. The zero-order valence-electron chi connectivity index (χ0n) is 7.76. The quantitative estimate of drug-likeness (QED) is 0.684. The number of anilines is 1. The van der Waals surface area contributed by atoms with Gasteiger partial charge in [0.05, 0.1) is 10.0 Å². The lowest BCUT2D eigenvalue weighted by Crippen LogP contribution is -2.06. The predicted molar refractivity (Wildman–Crippen MR) is 55.2 cm³/mol. The van der Waals surface area contributed by atoms with Gasteiger partial charge in [0, 0.05) is 5.69 Å². The van der Waals surface area contributed by atoms with Crippen LogP contribution in [0, 0.1) is 0 Å². The van der Waals surface area contributed by atoms with Gasteiger partial charge in [0.1, 0.15) is 5.75 Å². The molecule has 0 saturated carbocycles. The van der Waals surface area contributed by atoms with Gasteiger partial charge in [-0.15, -0.1) is 0 Å². The Morgan fingerprint density at radius 1 is 1.53 bits per heavy atom. The Bertz CT molecular complexity index is 396. The molecular formula is C9H8BrF2NO2. The number of nitrogens with two attached hydrogens (primary N) is 1. The lowest BCUT2D eigenvalue weighted by Gasteiger charge is -2.11. The Morgan fingerprint density at radius 3 is 2.60 bits per heavy atom. The van der Waals surface area contributed by atoms with Crippen LogP contribution in [0.25, 0.3) is 0 Å². The summed E-state index contributed by atoms with van der Waals surface area (Å²) in [5.41, 5.74) is 5.89. The fourth-order valence-electron chi connectivity index (χ4n) is 1.12. The highest BCUT2D eigenvalue weighted by Crippen LogP contribution is 2.33. The number of benzene rings is 1. The third-order valence-corrected chi connectivity index (χ3v) is 2.49. The normalized spacial score (nSPS) is 10.5. The molecule has 82 valence electrons. The number of hydrogen-bond acceptors (Lipinski definition) is 3. The molecule has 15 heavy (non-hydrogen) atoms. The number of alkyl halides is 2. The minimum Gasteiger partial charge on any atom is -0.434 e. The van der Waals surface area contributed by atoms with E-state index in [1.807, 2.05) is 0 Å². The van der Waals surface area contributed by atoms with Crippen molar-refractivity contribution in [3.05, 3.63) is 22.2 Å². The number of halogens is 3. The number of Topliss-reactive ketones (excluding diaryl/α,β-unsaturated/α-hetero) is 1. The van der Waals surface area contributed by atoms with Gasteiger partial charge in [-0.1, -0.05) is 0 Å². The van der Waals surface area contributed by atoms with E-state index in [-0.39, 0.29) is 27.3 Å². The van der Waals surface area contributed by atoms with E-state index >= 15 is 0 Å². The first-order chi connectivity index (χ1) is 6.93. The molecule has 0 aliphatic carbocycles. The van der Waals surface area contributed by atoms with E-state index in [2.05, 4.69) is 20.7 Å². The summed E-state index contributed by atoms with van der Waals surface area (Å²) in [5, 5.41) is 0. The number of rotatable bonds is 3. The highest BCUT2D eigenvalue weighted by molar-refractivity contribution is 9.10. The molecule has 0 bridgehead atoms. The average molecular weight is 280 g/mol. The molecule has 6 heteroatoms. The van der Waals surface area contributed by atoms with E-state index in [4.69, 9.17) is 5.73 Å². The molecule has 1 aromatic carbocycles. The summed E-state index contributed by atoms with van der Waals surface area (Å²) in [4.78, 5) is 11.2. The highest BCUT2D eigenvalue weighted by atomic mass is 79.9. The summed E-state index contributed by atoms with van der Waals surface area (Å²) in [6, 6.07) is 2.62. The predicted octanol–water partition coefficient (Wildman–Crippen LogP) is 2.84. The van der Waals surface area contributed by atoms with E-state index in [9.17, 15) is 13.6 Å². The molecule has 1 rings (SSSR count). The fraction of sp³-hybridized carbons (Fsp3) is 0.222. The summed E-state index contributed by atoms with van der Waals surface area (Å²) in [7, 11) is 0. The maximum Gasteiger partial charge on any atom is 0.387 e. The Kier molecular flexibility index (Phi) is 3.62. The Hall–Kier alpha value is -1.17. The van der Waals surface area contributed by atoms with Crippen molar-refractivity contribution in [2.24, 2.45) is 0 Å². The van der Waals surface area contributed by atoms with Crippen LogP contribution in [0.3, 0.4) is 0 Å². The van der Waals surface area contributed by atoms with Crippen LogP contribution < -0.4 is 10.5 Å². The van der Waals surface area contributed by atoms with Crippen molar-refractivity contribution >= 4 is 27.4 Å². The number of ether oxygens (including phenoxy) is 1. The number of carbonyl (C=O) groups excluding carboxylic acids is 1. The molecule has 3 nitrogen and oxygen atoms in total. The first kappa shape index (κ1) is 11.9. The van der Waals surface area contributed by atoms with Crippen molar-refractivity contribution in [2.45, 2.75) is 13.5 Å². The number of nitrogen functional groups attached to an aromatic ring is 1. The van der Waals surface area contributed by atoms with Gasteiger partial charge in [0.25, 0.3) is 0 Å². The van der Waals surface area contributed by atoms with Crippen LogP contribution in [0.1, 0.15) is 17.3 Å². The maximum absolute atomic E-state index is 12.0. The number of carbonyl (C=O) groups is 1. The second-order valence-electron chi connectivity index (χ2n) is 2.78. The minimum atomic E-state index is -2.94. The van der Waals surface area contributed by atoms with Crippen molar-refractivity contribution < 1.29 is 18.3 Å². The molecule has 0 aromatic heterocycles. The first-order valence-electron chi connectivity index (χ1n) is 3.97. The van der Waals surface area contributed by atoms with Crippen molar-refractivity contribution in [1.29, 1.82) is 0 Å². The molecule has 0 saturated heterocycles. The van der Waals surface area contributed by atoms with Gasteiger partial charge >= 0.3 is 6.61 Å². The Balaban J connectivity index is 3.22. The van der Waals surface area contributed by atoms with Crippen LogP contribution in [0.15, 0.2) is 16.6 Å². The lowest BCUT2D eigenvalue weighted by atomic mass is 10.1. The van der Waals surface area contributed by atoms with Gasteiger partial charge in [-0.2, -0.15) is 8.78 Å². The lowest BCUT2D eigenvalue weighted by molar-refractivity contribution is -0.0503. The molecule has 2 N–H and O–H groups in total. The summed E-state index contributed by atoms with van der Waals surface area (Å²) in [6.07, 6.45) is 0. The third-order valence-electron chi connectivity index (χ3n) is 1.71. The van der Waals surface area contributed by atoms with Crippen molar-refractivity contribution in [1.82, 2.24) is 0 Å². The Morgan fingerprint density at radius 2 is 2.13 bits per heavy atom. The zero-order valence-corrected chi connectivity index (χ0v) is 9.35. The molecule has 0 unspecified atom stereocenters. The van der Waals surface area contributed by atoms with Crippen LogP contribution >= 0.6 is 15.9 Å². The largest absolute Gasteiger partial charge is 0.434 e. The van der Waals surface area contributed by atoms with Crippen LogP contribution in [0.5, 0.6) is 5.75 Å². The van der Waals surface area contributed by atoms with Gasteiger partial charge in [0.15, 0.2) is 5.78 Å². The molecule has 0 spiro atoms. The monoisotopic (exact) mass is 279 g/mol. The van der Waals surface area contributed by atoms with E-state index in [0.29, 0.717) is 0 Å². The van der Waals surface area contributed by atoms with Crippen LogP contribution in [-0.4, -0.2) is 12.4 Å². The zero-order chi connectivity index (χ0) is 11.6. The molecule has 0 amide bonds. The van der Waals surface area contributed by atoms with Gasteiger partial charge < -0.3 is 10.5 Å². The molecule has 0 heterocycles. The molecule has 0 aliphatic heterocycles. The SMILES string of the molecule is CC(=O)c1c(N)ccc(OC(F)F)c1Br. The molecule has 0 fully saturated rings. The first-order valence-corrected chi connectivity index (χ1v) is 4.76. The van der Waals surface area contributed by atoms with E-state index < -0.39 is 6.61 Å². The molecule has 0 atom stereocenters. The topological polar surface area (TPSA) is 52.3 Å².